The van der Waals surface area contributed by atoms with Gasteiger partial charge in [0.2, 0.25) is 5.91 Å². The van der Waals surface area contributed by atoms with Crippen LogP contribution < -0.4 is 14.8 Å². The molecule has 8 heteroatoms. The van der Waals surface area contributed by atoms with Crippen molar-refractivity contribution in [3.63, 3.8) is 0 Å². The summed E-state index contributed by atoms with van der Waals surface area (Å²) in [6, 6.07) is 11.9. The topological polar surface area (TPSA) is 56.8 Å². The normalized spacial score (nSPS) is 11.2. The number of hydrogen-bond donors (Lipinski definition) is 1. The van der Waals surface area contributed by atoms with Gasteiger partial charge in [-0.1, -0.05) is 18.2 Å². The Balaban J connectivity index is 1.92. The number of rotatable bonds is 9. The van der Waals surface area contributed by atoms with E-state index in [-0.39, 0.29) is 23.8 Å². The van der Waals surface area contributed by atoms with Gasteiger partial charge >= 0.3 is 6.18 Å². The zero-order chi connectivity index (χ0) is 20.6. The molecule has 0 atom stereocenters. The Labute approximate surface area is 161 Å². The molecule has 0 saturated carbocycles. The predicted molar refractivity (Wildman–Crippen MR) is 98.6 cm³/mol. The molecule has 0 saturated heterocycles. The van der Waals surface area contributed by atoms with Crippen LogP contribution in [-0.2, 0) is 22.6 Å². The van der Waals surface area contributed by atoms with Crippen molar-refractivity contribution in [1.29, 1.82) is 0 Å². The van der Waals surface area contributed by atoms with Crippen LogP contribution in [0.4, 0.5) is 18.9 Å². The van der Waals surface area contributed by atoms with E-state index in [1.807, 2.05) is 18.2 Å². The molecule has 0 spiro atoms. The number of methoxy groups -OCH3 is 2. The van der Waals surface area contributed by atoms with Gasteiger partial charge in [-0.25, -0.2) is 0 Å². The highest BCUT2D eigenvalue weighted by Gasteiger charge is 2.29. The first kappa shape index (κ1) is 21.6. The summed E-state index contributed by atoms with van der Waals surface area (Å²) in [7, 11) is 2.94. The molecule has 0 unspecified atom stereocenters. The van der Waals surface area contributed by atoms with Crippen LogP contribution in [0.15, 0.2) is 42.5 Å². The molecule has 0 heterocycles. The maximum atomic E-state index is 12.3. The summed E-state index contributed by atoms with van der Waals surface area (Å²) in [5.41, 5.74) is 2.37. The van der Waals surface area contributed by atoms with Crippen LogP contribution in [-0.4, -0.2) is 32.9 Å². The number of nitrogens with one attached hydrogen (secondary N) is 1. The average Bonchev–Trinajstić information content (AvgIpc) is 2.65. The van der Waals surface area contributed by atoms with Gasteiger partial charge in [0.1, 0.15) is 0 Å². The second kappa shape index (κ2) is 9.98. The summed E-state index contributed by atoms with van der Waals surface area (Å²) in [6.45, 7) is -0.945. The SMILES string of the molecule is COCc1cccc(NC(=O)CCc2ccc(OCC(F)(F)F)c(OC)c2)c1. The molecule has 28 heavy (non-hydrogen) atoms. The molecule has 1 N–H and O–H groups in total. The third-order valence-corrected chi connectivity index (χ3v) is 3.78. The maximum Gasteiger partial charge on any atom is 0.422 e. The third kappa shape index (κ3) is 7.11. The Kier molecular flexibility index (Phi) is 7.69. The van der Waals surface area contributed by atoms with E-state index in [4.69, 9.17) is 14.2 Å². The Hall–Kier alpha value is -2.74. The molecule has 0 aliphatic carbocycles. The molecule has 5 nitrogen and oxygen atoms in total. The average molecular weight is 397 g/mol. The summed E-state index contributed by atoms with van der Waals surface area (Å²) in [6.07, 6.45) is -3.82. The Morgan fingerprint density at radius 2 is 1.82 bits per heavy atom. The van der Waals surface area contributed by atoms with Crippen molar-refractivity contribution in [3.05, 3.63) is 53.6 Å². The van der Waals surface area contributed by atoms with Crippen molar-refractivity contribution >= 4 is 11.6 Å². The molecule has 0 fully saturated rings. The minimum atomic E-state index is -4.43. The lowest BCUT2D eigenvalue weighted by Gasteiger charge is -2.13. The maximum absolute atomic E-state index is 12.3. The van der Waals surface area contributed by atoms with Crippen LogP contribution in [0.2, 0.25) is 0 Å². The number of aryl methyl sites for hydroxylation is 1. The lowest BCUT2D eigenvalue weighted by Crippen LogP contribution is -2.19. The fourth-order valence-corrected chi connectivity index (χ4v) is 2.53. The number of carbonyl (C=O) groups excluding carboxylic acids is 1. The van der Waals surface area contributed by atoms with Crippen LogP contribution in [0.25, 0.3) is 0 Å². The van der Waals surface area contributed by atoms with E-state index in [1.165, 1.54) is 13.2 Å². The smallest absolute Gasteiger partial charge is 0.422 e. The first-order valence-electron chi connectivity index (χ1n) is 8.55. The lowest BCUT2D eigenvalue weighted by molar-refractivity contribution is -0.153. The lowest BCUT2D eigenvalue weighted by atomic mass is 10.1. The van der Waals surface area contributed by atoms with E-state index >= 15 is 0 Å². The van der Waals surface area contributed by atoms with Gasteiger partial charge in [0.05, 0.1) is 13.7 Å². The molecule has 2 aromatic carbocycles. The van der Waals surface area contributed by atoms with Gasteiger partial charge in [0, 0.05) is 19.2 Å². The van der Waals surface area contributed by atoms with Crippen LogP contribution in [0.3, 0.4) is 0 Å². The van der Waals surface area contributed by atoms with Gasteiger partial charge in [-0.15, -0.1) is 0 Å². The summed E-state index contributed by atoms with van der Waals surface area (Å²) in [5, 5.41) is 2.81. The first-order valence-corrected chi connectivity index (χ1v) is 8.55. The second-order valence-electron chi connectivity index (χ2n) is 6.07. The number of carbonyl (C=O) groups is 1. The molecule has 152 valence electrons. The predicted octanol–water partition coefficient (Wildman–Crippen LogP) is 4.35. The molecule has 1 amide bonds. The number of ether oxygens (including phenoxy) is 3. The fraction of sp³-hybridized carbons (Fsp3) is 0.350. The van der Waals surface area contributed by atoms with Crippen LogP contribution in [0, 0.1) is 0 Å². The summed E-state index contributed by atoms with van der Waals surface area (Å²) in [4.78, 5) is 12.2. The van der Waals surface area contributed by atoms with E-state index in [0.717, 1.165) is 11.1 Å². The molecule has 2 rings (SSSR count). The number of hydrogen-bond acceptors (Lipinski definition) is 4. The highest BCUT2D eigenvalue weighted by Crippen LogP contribution is 2.30. The first-order chi connectivity index (χ1) is 13.3. The molecule has 0 bridgehead atoms. The van der Waals surface area contributed by atoms with E-state index < -0.39 is 12.8 Å². The summed E-state index contributed by atoms with van der Waals surface area (Å²) in [5.74, 6) is 0.0170. The Morgan fingerprint density at radius 3 is 2.50 bits per heavy atom. The molecule has 0 aliphatic rings. The van der Waals surface area contributed by atoms with Gasteiger partial charge in [0.15, 0.2) is 18.1 Å². The summed E-state index contributed by atoms with van der Waals surface area (Å²) >= 11 is 0. The Bertz CT molecular complexity index is 793. The number of alkyl halides is 3. The van der Waals surface area contributed by atoms with Gasteiger partial charge in [-0.2, -0.15) is 13.2 Å². The molecule has 0 aromatic heterocycles. The second-order valence-corrected chi connectivity index (χ2v) is 6.07. The number of halogens is 3. The van der Waals surface area contributed by atoms with Crippen molar-refractivity contribution < 1.29 is 32.2 Å². The van der Waals surface area contributed by atoms with Crippen molar-refractivity contribution in [1.82, 2.24) is 0 Å². The number of amides is 1. The molecular weight excluding hydrogens is 375 g/mol. The van der Waals surface area contributed by atoms with Crippen molar-refractivity contribution in [2.24, 2.45) is 0 Å². The number of benzene rings is 2. The molecule has 2 aromatic rings. The standard InChI is InChI=1S/C20H22F3NO4/c1-26-12-15-4-3-5-16(10-15)24-19(25)9-7-14-6-8-17(18(11-14)27-2)28-13-20(21,22)23/h3-6,8,10-11H,7,9,12-13H2,1-2H3,(H,24,25). The fourth-order valence-electron chi connectivity index (χ4n) is 2.53. The molecular formula is C20H22F3NO4. The zero-order valence-electron chi connectivity index (χ0n) is 15.6. The number of anilines is 1. The van der Waals surface area contributed by atoms with E-state index in [1.54, 1.807) is 25.3 Å². The van der Waals surface area contributed by atoms with Gasteiger partial charge < -0.3 is 19.5 Å². The van der Waals surface area contributed by atoms with E-state index in [9.17, 15) is 18.0 Å². The van der Waals surface area contributed by atoms with Crippen molar-refractivity contribution in [2.75, 3.05) is 26.1 Å². The third-order valence-electron chi connectivity index (χ3n) is 3.78. The summed E-state index contributed by atoms with van der Waals surface area (Å²) < 4.78 is 51.8. The van der Waals surface area contributed by atoms with E-state index in [2.05, 4.69) is 5.32 Å². The van der Waals surface area contributed by atoms with E-state index in [0.29, 0.717) is 18.7 Å². The monoisotopic (exact) mass is 397 g/mol. The largest absolute Gasteiger partial charge is 0.493 e. The molecule has 0 aliphatic heterocycles. The van der Waals surface area contributed by atoms with Gasteiger partial charge in [0.25, 0.3) is 0 Å². The highest BCUT2D eigenvalue weighted by molar-refractivity contribution is 5.90. The van der Waals surface area contributed by atoms with Crippen molar-refractivity contribution in [2.45, 2.75) is 25.6 Å². The van der Waals surface area contributed by atoms with Crippen LogP contribution in [0.5, 0.6) is 11.5 Å². The van der Waals surface area contributed by atoms with Crippen molar-refractivity contribution in [3.8, 4) is 11.5 Å². The van der Waals surface area contributed by atoms with Gasteiger partial charge in [-0.05, 0) is 41.8 Å². The minimum Gasteiger partial charge on any atom is -0.493 e. The highest BCUT2D eigenvalue weighted by atomic mass is 19.4. The minimum absolute atomic E-state index is 0.00276. The quantitative estimate of drug-likeness (QED) is 0.683. The zero-order valence-corrected chi connectivity index (χ0v) is 15.6. The van der Waals surface area contributed by atoms with Gasteiger partial charge in [-0.3, -0.25) is 4.79 Å². The van der Waals surface area contributed by atoms with Crippen LogP contribution >= 0.6 is 0 Å². The Morgan fingerprint density at radius 1 is 1.04 bits per heavy atom. The molecule has 0 radical (unpaired) electrons. The van der Waals surface area contributed by atoms with Crippen LogP contribution in [0.1, 0.15) is 17.5 Å².